The standard InChI is InChI=1S/C12H12N2O2/c13-11-4-2-8-7-9(1-3-10(8)14-11)12-15-5-6-16-12/h1-4,7,12H,5-6H2,(H2,13,14). The second-order valence-electron chi connectivity index (χ2n) is 3.76. The van der Waals surface area contributed by atoms with Crippen LogP contribution in [0.25, 0.3) is 10.9 Å². The van der Waals surface area contributed by atoms with Gasteiger partial charge < -0.3 is 15.2 Å². The lowest BCUT2D eigenvalue weighted by molar-refractivity contribution is -0.0440. The van der Waals surface area contributed by atoms with Gasteiger partial charge in [0.05, 0.1) is 18.7 Å². The highest BCUT2D eigenvalue weighted by atomic mass is 16.7. The lowest BCUT2D eigenvalue weighted by atomic mass is 10.1. The van der Waals surface area contributed by atoms with E-state index in [1.165, 1.54) is 0 Å². The average Bonchev–Trinajstić information content (AvgIpc) is 2.82. The van der Waals surface area contributed by atoms with Crippen LogP contribution in [0.15, 0.2) is 30.3 Å². The Kier molecular flexibility index (Phi) is 2.23. The van der Waals surface area contributed by atoms with Crippen LogP contribution in [0.5, 0.6) is 0 Å². The van der Waals surface area contributed by atoms with Crippen molar-refractivity contribution in [2.45, 2.75) is 6.29 Å². The highest BCUT2D eigenvalue weighted by molar-refractivity contribution is 5.80. The van der Waals surface area contributed by atoms with Gasteiger partial charge in [-0.05, 0) is 24.3 Å². The fraction of sp³-hybridized carbons (Fsp3) is 0.250. The van der Waals surface area contributed by atoms with Crippen molar-refractivity contribution in [3.8, 4) is 0 Å². The maximum Gasteiger partial charge on any atom is 0.184 e. The Bertz CT molecular complexity index is 521. The molecule has 1 aliphatic rings. The third-order valence-corrected chi connectivity index (χ3v) is 2.63. The molecule has 1 aromatic heterocycles. The minimum Gasteiger partial charge on any atom is -0.384 e. The molecule has 0 saturated carbocycles. The summed E-state index contributed by atoms with van der Waals surface area (Å²) >= 11 is 0. The molecule has 2 aromatic rings. The van der Waals surface area contributed by atoms with Gasteiger partial charge in [-0.1, -0.05) is 6.07 Å². The maximum absolute atomic E-state index is 5.62. The average molecular weight is 216 g/mol. The van der Waals surface area contributed by atoms with Crippen LogP contribution in [0.4, 0.5) is 5.82 Å². The summed E-state index contributed by atoms with van der Waals surface area (Å²) in [5.41, 5.74) is 7.54. The van der Waals surface area contributed by atoms with Gasteiger partial charge in [0.25, 0.3) is 0 Å². The van der Waals surface area contributed by atoms with Crippen LogP contribution >= 0.6 is 0 Å². The molecule has 1 aromatic carbocycles. The van der Waals surface area contributed by atoms with Crippen molar-refractivity contribution >= 4 is 16.7 Å². The van der Waals surface area contributed by atoms with Crippen molar-refractivity contribution in [1.29, 1.82) is 0 Å². The molecular formula is C12H12N2O2. The van der Waals surface area contributed by atoms with Crippen molar-refractivity contribution in [3.63, 3.8) is 0 Å². The first-order valence-electron chi connectivity index (χ1n) is 5.22. The van der Waals surface area contributed by atoms with E-state index in [9.17, 15) is 0 Å². The number of nitrogen functional groups attached to an aromatic ring is 1. The minimum atomic E-state index is -0.234. The predicted octanol–water partition coefficient (Wildman–Crippen LogP) is 1.86. The van der Waals surface area contributed by atoms with Crippen molar-refractivity contribution in [3.05, 3.63) is 35.9 Å². The van der Waals surface area contributed by atoms with Gasteiger partial charge >= 0.3 is 0 Å². The molecule has 3 rings (SSSR count). The smallest absolute Gasteiger partial charge is 0.184 e. The molecule has 4 heteroatoms. The van der Waals surface area contributed by atoms with E-state index in [0.29, 0.717) is 19.0 Å². The number of nitrogens with zero attached hydrogens (tertiary/aromatic N) is 1. The zero-order valence-electron chi connectivity index (χ0n) is 8.72. The molecule has 1 aliphatic heterocycles. The summed E-state index contributed by atoms with van der Waals surface area (Å²) in [6.07, 6.45) is -0.234. The van der Waals surface area contributed by atoms with Crippen LogP contribution in [0.1, 0.15) is 11.9 Å². The largest absolute Gasteiger partial charge is 0.384 e. The number of hydrogen-bond donors (Lipinski definition) is 1. The Hall–Kier alpha value is -1.65. The number of rotatable bonds is 1. The summed E-state index contributed by atoms with van der Waals surface area (Å²) < 4.78 is 10.9. The van der Waals surface area contributed by atoms with E-state index in [0.717, 1.165) is 16.5 Å². The Morgan fingerprint density at radius 2 is 1.94 bits per heavy atom. The Labute approximate surface area is 93.0 Å². The lowest BCUT2D eigenvalue weighted by Gasteiger charge is -2.09. The highest BCUT2D eigenvalue weighted by Gasteiger charge is 2.18. The maximum atomic E-state index is 5.62. The van der Waals surface area contributed by atoms with Crippen LogP contribution < -0.4 is 5.73 Å². The van der Waals surface area contributed by atoms with E-state index >= 15 is 0 Å². The monoisotopic (exact) mass is 216 g/mol. The first-order valence-corrected chi connectivity index (χ1v) is 5.22. The molecule has 2 heterocycles. The summed E-state index contributed by atoms with van der Waals surface area (Å²) in [7, 11) is 0. The fourth-order valence-corrected chi connectivity index (χ4v) is 1.86. The number of ether oxygens (including phenoxy) is 2. The van der Waals surface area contributed by atoms with Gasteiger partial charge in [-0.25, -0.2) is 4.98 Å². The van der Waals surface area contributed by atoms with Gasteiger partial charge in [0.1, 0.15) is 5.82 Å². The van der Waals surface area contributed by atoms with Gasteiger partial charge in [-0.3, -0.25) is 0 Å². The molecule has 0 aliphatic carbocycles. The molecule has 0 bridgehead atoms. The van der Waals surface area contributed by atoms with E-state index in [4.69, 9.17) is 15.2 Å². The van der Waals surface area contributed by atoms with E-state index in [-0.39, 0.29) is 6.29 Å². The lowest BCUT2D eigenvalue weighted by Crippen LogP contribution is -1.98. The molecule has 4 nitrogen and oxygen atoms in total. The summed E-state index contributed by atoms with van der Waals surface area (Å²) in [5.74, 6) is 0.536. The normalized spacial score (nSPS) is 17.0. The van der Waals surface area contributed by atoms with E-state index in [1.54, 1.807) is 6.07 Å². The number of nitrogens with two attached hydrogens (primary N) is 1. The third kappa shape index (κ3) is 1.62. The molecule has 1 fully saturated rings. The summed E-state index contributed by atoms with van der Waals surface area (Å²) in [6, 6.07) is 9.67. The third-order valence-electron chi connectivity index (χ3n) is 2.63. The SMILES string of the molecule is Nc1ccc2cc(C3OCCO3)ccc2n1. The Morgan fingerprint density at radius 3 is 2.75 bits per heavy atom. The van der Waals surface area contributed by atoms with Crippen molar-refractivity contribution in [2.75, 3.05) is 18.9 Å². The van der Waals surface area contributed by atoms with Crippen molar-refractivity contribution in [1.82, 2.24) is 4.98 Å². The number of aromatic nitrogens is 1. The van der Waals surface area contributed by atoms with Gasteiger partial charge in [-0.2, -0.15) is 0 Å². The molecule has 0 amide bonds. The zero-order valence-corrected chi connectivity index (χ0v) is 8.72. The Balaban J connectivity index is 2.05. The van der Waals surface area contributed by atoms with E-state index < -0.39 is 0 Å². The van der Waals surface area contributed by atoms with Gasteiger partial charge in [0.2, 0.25) is 0 Å². The second kappa shape index (κ2) is 3.73. The van der Waals surface area contributed by atoms with E-state index in [1.807, 2.05) is 24.3 Å². The highest BCUT2D eigenvalue weighted by Crippen LogP contribution is 2.26. The fourth-order valence-electron chi connectivity index (χ4n) is 1.86. The number of benzene rings is 1. The Morgan fingerprint density at radius 1 is 1.12 bits per heavy atom. The molecule has 16 heavy (non-hydrogen) atoms. The van der Waals surface area contributed by atoms with Crippen LogP contribution in [-0.2, 0) is 9.47 Å². The quantitative estimate of drug-likeness (QED) is 0.790. The molecule has 1 saturated heterocycles. The van der Waals surface area contributed by atoms with Crippen LogP contribution in [0, 0.1) is 0 Å². The van der Waals surface area contributed by atoms with Gasteiger partial charge in [-0.15, -0.1) is 0 Å². The molecule has 82 valence electrons. The van der Waals surface area contributed by atoms with Gasteiger partial charge in [0, 0.05) is 10.9 Å². The van der Waals surface area contributed by atoms with Gasteiger partial charge in [0.15, 0.2) is 6.29 Å². The molecule has 0 atom stereocenters. The number of hydrogen-bond acceptors (Lipinski definition) is 4. The first kappa shape index (κ1) is 9.57. The molecule has 2 N–H and O–H groups in total. The first-order chi connectivity index (χ1) is 7.83. The van der Waals surface area contributed by atoms with Crippen LogP contribution in [-0.4, -0.2) is 18.2 Å². The molecule has 0 spiro atoms. The number of anilines is 1. The number of pyridine rings is 1. The second-order valence-corrected chi connectivity index (χ2v) is 3.76. The molecule has 0 unspecified atom stereocenters. The van der Waals surface area contributed by atoms with Crippen LogP contribution in [0.2, 0.25) is 0 Å². The summed E-state index contributed by atoms with van der Waals surface area (Å²) in [5, 5.41) is 1.05. The zero-order chi connectivity index (χ0) is 11.0. The number of fused-ring (bicyclic) bond motifs is 1. The molecular weight excluding hydrogens is 204 g/mol. The topological polar surface area (TPSA) is 57.4 Å². The summed E-state index contributed by atoms with van der Waals surface area (Å²) in [6.45, 7) is 1.31. The van der Waals surface area contributed by atoms with E-state index in [2.05, 4.69) is 4.98 Å². The van der Waals surface area contributed by atoms with Crippen LogP contribution in [0.3, 0.4) is 0 Å². The predicted molar refractivity (Wildman–Crippen MR) is 60.8 cm³/mol. The molecule has 0 radical (unpaired) electrons. The van der Waals surface area contributed by atoms with Crippen molar-refractivity contribution < 1.29 is 9.47 Å². The minimum absolute atomic E-state index is 0.234. The van der Waals surface area contributed by atoms with Crippen molar-refractivity contribution in [2.24, 2.45) is 0 Å². The summed E-state index contributed by atoms with van der Waals surface area (Å²) in [4.78, 5) is 4.24.